The fourth-order valence-corrected chi connectivity index (χ4v) is 1.34. The van der Waals surface area contributed by atoms with Crippen molar-refractivity contribution in [2.75, 3.05) is 7.11 Å². The molecule has 0 saturated heterocycles. The number of carbonyl (C=O) groups excluding carboxylic acids is 1. The van der Waals surface area contributed by atoms with Crippen LogP contribution in [0.2, 0.25) is 0 Å². The SMILES string of the molecule is COC(=O)C=CC(N)CCc1ccccc1.O=C(O)C(F)(F)F. The Hall–Kier alpha value is -2.35. The molecule has 0 aliphatic rings. The number of hydrogen-bond acceptors (Lipinski definition) is 4. The molecule has 1 rings (SSSR count). The minimum Gasteiger partial charge on any atom is -0.475 e. The van der Waals surface area contributed by atoms with Crippen molar-refractivity contribution < 1.29 is 32.6 Å². The van der Waals surface area contributed by atoms with Crippen molar-refractivity contribution >= 4 is 11.9 Å². The smallest absolute Gasteiger partial charge is 0.475 e. The number of carbonyl (C=O) groups is 2. The maximum Gasteiger partial charge on any atom is 0.490 e. The molecule has 0 saturated carbocycles. The van der Waals surface area contributed by atoms with Crippen LogP contribution in [0.5, 0.6) is 0 Å². The molecule has 3 N–H and O–H groups in total. The van der Waals surface area contributed by atoms with Gasteiger partial charge in [0, 0.05) is 12.1 Å². The van der Waals surface area contributed by atoms with Crippen LogP contribution in [-0.2, 0) is 20.7 Å². The first-order chi connectivity index (χ1) is 10.7. The highest BCUT2D eigenvalue weighted by molar-refractivity contribution is 5.81. The van der Waals surface area contributed by atoms with Gasteiger partial charge in [0.1, 0.15) is 0 Å². The summed E-state index contributed by atoms with van der Waals surface area (Å²) in [4.78, 5) is 19.7. The molecule has 5 nitrogen and oxygen atoms in total. The van der Waals surface area contributed by atoms with Crippen molar-refractivity contribution in [2.24, 2.45) is 5.73 Å². The Morgan fingerprint density at radius 3 is 2.26 bits per heavy atom. The van der Waals surface area contributed by atoms with E-state index >= 15 is 0 Å². The summed E-state index contributed by atoms with van der Waals surface area (Å²) in [6, 6.07) is 10.0. The Kier molecular flexibility index (Phi) is 9.33. The maximum absolute atomic E-state index is 10.8. The number of carboxylic acids is 1. The van der Waals surface area contributed by atoms with Gasteiger partial charge in [-0.3, -0.25) is 0 Å². The Bertz CT molecular complexity index is 515. The zero-order valence-corrected chi connectivity index (χ0v) is 12.4. The molecule has 0 radical (unpaired) electrons. The van der Waals surface area contributed by atoms with E-state index in [0.717, 1.165) is 12.8 Å². The average molecular weight is 333 g/mol. The van der Waals surface area contributed by atoms with Gasteiger partial charge in [-0.15, -0.1) is 0 Å². The lowest BCUT2D eigenvalue weighted by molar-refractivity contribution is -0.192. The fourth-order valence-electron chi connectivity index (χ4n) is 1.34. The molecule has 0 bridgehead atoms. The summed E-state index contributed by atoms with van der Waals surface area (Å²) >= 11 is 0. The van der Waals surface area contributed by atoms with Gasteiger partial charge in [0.25, 0.3) is 0 Å². The van der Waals surface area contributed by atoms with Gasteiger partial charge < -0.3 is 15.6 Å². The lowest BCUT2D eigenvalue weighted by atomic mass is 10.1. The van der Waals surface area contributed by atoms with Gasteiger partial charge >= 0.3 is 18.1 Å². The van der Waals surface area contributed by atoms with E-state index in [0.29, 0.717) is 0 Å². The summed E-state index contributed by atoms with van der Waals surface area (Å²) in [6.07, 6.45) is -0.310. The number of nitrogens with two attached hydrogens (primary N) is 1. The molecular weight excluding hydrogens is 315 g/mol. The van der Waals surface area contributed by atoms with Crippen LogP contribution in [0.4, 0.5) is 13.2 Å². The highest BCUT2D eigenvalue weighted by Gasteiger charge is 2.38. The van der Waals surface area contributed by atoms with Crippen molar-refractivity contribution in [1.29, 1.82) is 0 Å². The number of esters is 1. The summed E-state index contributed by atoms with van der Waals surface area (Å²) in [5.74, 6) is -3.12. The fraction of sp³-hybridized carbons (Fsp3) is 0.333. The van der Waals surface area contributed by atoms with Crippen molar-refractivity contribution in [1.82, 2.24) is 0 Å². The number of rotatable bonds is 5. The van der Waals surface area contributed by atoms with Crippen LogP contribution < -0.4 is 5.73 Å². The minimum absolute atomic E-state index is 0.112. The Labute approximate surface area is 131 Å². The van der Waals surface area contributed by atoms with Crippen molar-refractivity contribution in [3.05, 3.63) is 48.0 Å². The largest absolute Gasteiger partial charge is 0.490 e. The third kappa shape index (κ3) is 10.9. The van der Waals surface area contributed by atoms with Crippen LogP contribution in [0, 0.1) is 0 Å². The quantitative estimate of drug-likeness (QED) is 0.637. The Balaban J connectivity index is 0.000000585. The number of methoxy groups -OCH3 is 1. The first kappa shape index (κ1) is 20.6. The number of benzene rings is 1. The van der Waals surface area contributed by atoms with Crippen LogP contribution in [0.1, 0.15) is 12.0 Å². The van der Waals surface area contributed by atoms with Gasteiger partial charge in [-0.25, -0.2) is 9.59 Å². The number of aryl methyl sites for hydroxylation is 1. The lowest BCUT2D eigenvalue weighted by Crippen LogP contribution is -2.21. The first-order valence-corrected chi connectivity index (χ1v) is 6.52. The number of carboxylic acid groups (broad SMARTS) is 1. The van der Waals surface area contributed by atoms with E-state index < -0.39 is 12.1 Å². The Morgan fingerprint density at radius 2 is 1.83 bits per heavy atom. The molecule has 0 aliphatic heterocycles. The van der Waals surface area contributed by atoms with Crippen LogP contribution >= 0.6 is 0 Å². The summed E-state index contributed by atoms with van der Waals surface area (Å²) < 4.78 is 36.2. The van der Waals surface area contributed by atoms with Crippen molar-refractivity contribution in [3.8, 4) is 0 Å². The average Bonchev–Trinajstić information content (AvgIpc) is 2.51. The summed E-state index contributed by atoms with van der Waals surface area (Å²) in [5, 5.41) is 7.12. The van der Waals surface area contributed by atoms with E-state index in [1.54, 1.807) is 6.08 Å². The number of hydrogen-bond donors (Lipinski definition) is 2. The summed E-state index contributed by atoms with van der Waals surface area (Å²) in [7, 11) is 1.35. The van der Waals surface area contributed by atoms with Crippen LogP contribution in [0.3, 0.4) is 0 Å². The zero-order valence-electron chi connectivity index (χ0n) is 12.4. The summed E-state index contributed by atoms with van der Waals surface area (Å²) in [6.45, 7) is 0. The van der Waals surface area contributed by atoms with Gasteiger partial charge in [-0.2, -0.15) is 13.2 Å². The number of halogens is 3. The molecule has 23 heavy (non-hydrogen) atoms. The topological polar surface area (TPSA) is 89.6 Å². The van der Waals surface area contributed by atoms with E-state index in [1.165, 1.54) is 18.7 Å². The molecule has 1 atom stereocenters. The second-order valence-corrected chi connectivity index (χ2v) is 4.37. The molecule has 128 valence electrons. The standard InChI is InChI=1S/C13H17NO2.C2HF3O2/c1-16-13(15)10-9-12(14)8-7-11-5-3-2-4-6-11;3-2(4,5)1(6)7/h2-6,9-10,12H,7-8,14H2,1H3;(H,6,7). The van der Waals surface area contributed by atoms with E-state index in [9.17, 15) is 18.0 Å². The first-order valence-electron chi connectivity index (χ1n) is 6.52. The molecule has 1 aromatic carbocycles. The van der Waals surface area contributed by atoms with E-state index in [4.69, 9.17) is 15.6 Å². The highest BCUT2D eigenvalue weighted by atomic mass is 19.4. The molecule has 0 spiro atoms. The monoisotopic (exact) mass is 333 g/mol. The molecule has 0 heterocycles. The minimum atomic E-state index is -5.08. The molecule has 1 unspecified atom stereocenters. The molecule has 0 amide bonds. The van der Waals surface area contributed by atoms with Crippen LogP contribution in [0.25, 0.3) is 0 Å². The lowest BCUT2D eigenvalue weighted by Gasteiger charge is -2.05. The number of ether oxygens (including phenoxy) is 1. The van der Waals surface area contributed by atoms with Gasteiger partial charge in [0.2, 0.25) is 0 Å². The Morgan fingerprint density at radius 1 is 1.30 bits per heavy atom. The van der Waals surface area contributed by atoms with E-state index in [-0.39, 0.29) is 12.0 Å². The molecule has 0 aliphatic carbocycles. The molecular formula is C15H18F3NO4. The van der Waals surface area contributed by atoms with Crippen LogP contribution in [0.15, 0.2) is 42.5 Å². The van der Waals surface area contributed by atoms with Crippen molar-refractivity contribution in [3.63, 3.8) is 0 Å². The normalized spacial score (nSPS) is 12.2. The second-order valence-electron chi connectivity index (χ2n) is 4.37. The molecule has 0 fully saturated rings. The third-order valence-corrected chi connectivity index (χ3v) is 2.53. The van der Waals surface area contributed by atoms with Gasteiger partial charge in [0.05, 0.1) is 7.11 Å². The third-order valence-electron chi connectivity index (χ3n) is 2.53. The van der Waals surface area contributed by atoms with Gasteiger partial charge in [0.15, 0.2) is 0 Å². The second kappa shape index (κ2) is 10.4. The maximum atomic E-state index is 10.8. The predicted octanol–water partition coefficient (Wildman–Crippen LogP) is 2.31. The van der Waals surface area contributed by atoms with Crippen molar-refractivity contribution in [2.45, 2.75) is 25.1 Å². The molecule has 0 aromatic heterocycles. The highest BCUT2D eigenvalue weighted by Crippen LogP contribution is 2.13. The molecule has 1 aromatic rings. The van der Waals surface area contributed by atoms with E-state index in [2.05, 4.69) is 16.9 Å². The van der Waals surface area contributed by atoms with Crippen LogP contribution in [-0.4, -0.2) is 36.4 Å². The van der Waals surface area contributed by atoms with Gasteiger partial charge in [-0.1, -0.05) is 36.4 Å². The summed E-state index contributed by atoms with van der Waals surface area (Å²) in [5.41, 5.74) is 7.08. The number of aliphatic carboxylic acids is 1. The molecule has 8 heteroatoms. The predicted molar refractivity (Wildman–Crippen MR) is 77.6 cm³/mol. The van der Waals surface area contributed by atoms with Gasteiger partial charge in [-0.05, 0) is 18.4 Å². The number of alkyl halides is 3. The zero-order chi connectivity index (χ0) is 17.9. The van der Waals surface area contributed by atoms with E-state index in [1.807, 2.05) is 18.2 Å².